The molecule has 11 heteroatoms. The summed E-state index contributed by atoms with van der Waals surface area (Å²) in [5.74, 6) is 1.04. The van der Waals surface area contributed by atoms with Gasteiger partial charge in [0.2, 0.25) is 0 Å². The van der Waals surface area contributed by atoms with Crippen molar-refractivity contribution in [3.05, 3.63) is 71.4 Å². The molecule has 0 aliphatic heterocycles. The van der Waals surface area contributed by atoms with Gasteiger partial charge in [-0.3, -0.25) is 5.10 Å². The van der Waals surface area contributed by atoms with Gasteiger partial charge in [-0.2, -0.15) is 18.3 Å². The van der Waals surface area contributed by atoms with Crippen LogP contribution in [0.4, 0.5) is 18.9 Å². The molecule has 0 spiro atoms. The highest BCUT2D eigenvalue weighted by molar-refractivity contribution is 6.32. The van der Waals surface area contributed by atoms with Crippen molar-refractivity contribution in [2.75, 3.05) is 5.32 Å². The molecular formula is C23H20ClF3N6O. The maximum absolute atomic E-state index is 13.3. The van der Waals surface area contributed by atoms with Crippen LogP contribution in [0.2, 0.25) is 5.02 Å². The zero-order valence-electron chi connectivity index (χ0n) is 18.2. The molecule has 176 valence electrons. The molecule has 1 aromatic carbocycles. The highest BCUT2D eigenvalue weighted by Crippen LogP contribution is 2.32. The van der Waals surface area contributed by atoms with E-state index in [0.717, 1.165) is 6.07 Å². The topological polar surface area (TPSA) is 88.6 Å². The number of H-pyrrole nitrogens is 1. The highest BCUT2D eigenvalue weighted by Gasteiger charge is 2.33. The summed E-state index contributed by atoms with van der Waals surface area (Å²) in [7, 11) is 0. The van der Waals surface area contributed by atoms with Crippen LogP contribution in [-0.4, -0.2) is 31.3 Å². The van der Waals surface area contributed by atoms with Crippen LogP contribution in [-0.2, 0) is 12.7 Å². The minimum atomic E-state index is -4.59. The van der Waals surface area contributed by atoms with Crippen molar-refractivity contribution >= 4 is 17.3 Å². The molecule has 34 heavy (non-hydrogen) atoms. The molecular weight excluding hydrogens is 469 g/mol. The number of pyridine rings is 1. The van der Waals surface area contributed by atoms with Gasteiger partial charge in [-0.25, -0.2) is 15.0 Å². The molecule has 0 aliphatic carbocycles. The van der Waals surface area contributed by atoms with Crippen molar-refractivity contribution in [3.8, 4) is 28.4 Å². The van der Waals surface area contributed by atoms with E-state index in [2.05, 4.69) is 30.5 Å². The van der Waals surface area contributed by atoms with E-state index in [0.29, 0.717) is 33.3 Å². The summed E-state index contributed by atoms with van der Waals surface area (Å²) in [4.78, 5) is 12.4. The molecule has 0 bridgehead atoms. The fourth-order valence-electron chi connectivity index (χ4n) is 3.11. The summed E-state index contributed by atoms with van der Waals surface area (Å²) in [6.07, 6.45) is 1.50. The second kappa shape index (κ2) is 9.68. The third-order valence-corrected chi connectivity index (χ3v) is 4.96. The van der Waals surface area contributed by atoms with E-state index < -0.39 is 11.9 Å². The number of benzene rings is 1. The van der Waals surface area contributed by atoms with Gasteiger partial charge in [0.15, 0.2) is 5.82 Å². The summed E-state index contributed by atoms with van der Waals surface area (Å²) in [5.41, 5.74) is 1.26. The van der Waals surface area contributed by atoms with Gasteiger partial charge in [0, 0.05) is 47.5 Å². The Hall–Kier alpha value is -3.66. The Morgan fingerprint density at radius 2 is 1.82 bits per heavy atom. The van der Waals surface area contributed by atoms with Crippen LogP contribution in [0.3, 0.4) is 0 Å². The number of aromatic nitrogens is 5. The van der Waals surface area contributed by atoms with Gasteiger partial charge < -0.3 is 10.1 Å². The van der Waals surface area contributed by atoms with Crippen molar-refractivity contribution in [1.29, 1.82) is 0 Å². The predicted molar refractivity (Wildman–Crippen MR) is 122 cm³/mol. The Morgan fingerprint density at radius 1 is 1.06 bits per heavy atom. The predicted octanol–water partition coefficient (Wildman–Crippen LogP) is 6.00. The van der Waals surface area contributed by atoms with Crippen LogP contribution in [0.25, 0.3) is 22.6 Å². The number of anilines is 1. The van der Waals surface area contributed by atoms with Crippen LogP contribution in [0.5, 0.6) is 5.75 Å². The van der Waals surface area contributed by atoms with Crippen LogP contribution in [0.1, 0.15) is 25.1 Å². The first-order chi connectivity index (χ1) is 16.2. The molecule has 0 radical (unpaired) electrons. The average Bonchev–Trinajstić information content (AvgIpc) is 3.33. The normalized spacial score (nSPS) is 11.6. The van der Waals surface area contributed by atoms with E-state index in [1.807, 2.05) is 19.9 Å². The molecule has 0 fully saturated rings. The minimum Gasteiger partial charge on any atom is -0.489 e. The lowest BCUT2D eigenvalue weighted by molar-refractivity contribution is -0.141. The SMILES string of the molecule is CC(C)Oc1ccc(-c2ncc(CNc3cc(-c4cn[nH]c4)nc(C(F)(F)F)c3)cn2)cc1Cl. The largest absolute Gasteiger partial charge is 0.489 e. The summed E-state index contributed by atoms with van der Waals surface area (Å²) < 4.78 is 45.6. The van der Waals surface area contributed by atoms with E-state index in [-0.39, 0.29) is 24.0 Å². The highest BCUT2D eigenvalue weighted by atomic mass is 35.5. The van der Waals surface area contributed by atoms with E-state index in [9.17, 15) is 13.2 Å². The van der Waals surface area contributed by atoms with Crippen molar-refractivity contribution in [2.45, 2.75) is 32.7 Å². The van der Waals surface area contributed by atoms with Crippen molar-refractivity contribution in [1.82, 2.24) is 25.1 Å². The zero-order valence-corrected chi connectivity index (χ0v) is 18.9. The first-order valence-electron chi connectivity index (χ1n) is 10.3. The van der Waals surface area contributed by atoms with Crippen molar-refractivity contribution in [3.63, 3.8) is 0 Å². The third kappa shape index (κ3) is 5.63. The summed E-state index contributed by atoms with van der Waals surface area (Å²) in [6, 6.07) is 7.78. The number of hydrogen-bond acceptors (Lipinski definition) is 6. The summed E-state index contributed by atoms with van der Waals surface area (Å²) in [5, 5.41) is 9.78. The van der Waals surface area contributed by atoms with Crippen LogP contribution >= 0.6 is 11.6 Å². The summed E-state index contributed by atoms with van der Waals surface area (Å²) >= 11 is 6.29. The van der Waals surface area contributed by atoms with Gasteiger partial charge in [-0.15, -0.1) is 0 Å². The third-order valence-electron chi connectivity index (χ3n) is 4.66. The molecule has 4 rings (SSSR count). The molecule has 3 aromatic heterocycles. The fraction of sp³-hybridized carbons (Fsp3) is 0.217. The fourth-order valence-corrected chi connectivity index (χ4v) is 3.33. The molecule has 3 heterocycles. The first kappa shape index (κ1) is 23.5. The van der Waals surface area contributed by atoms with E-state index in [1.165, 1.54) is 18.5 Å². The molecule has 4 aromatic rings. The second-order valence-electron chi connectivity index (χ2n) is 7.69. The van der Waals surface area contributed by atoms with E-state index >= 15 is 0 Å². The zero-order chi connectivity index (χ0) is 24.3. The molecule has 0 aliphatic rings. The Kier molecular flexibility index (Phi) is 6.69. The Labute approximate surface area is 198 Å². The van der Waals surface area contributed by atoms with E-state index in [4.69, 9.17) is 16.3 Å². The van der Waals surface area contributed by atoms with E-state index in [1.54, 1.807) is 24.5 Å². The first-order valence-corrected chi connectivity index (χ1v) is 10.7. The Bertz CT molecular complexity index is 1260. The standard InChI is InChI=1S/C23H20ClF3N6O/c1-13(2)34-20-4-3-15(5-18(20)24)22-29-9-14(10-30-22)8-28-17-6-19(16-11-31-32-12-16)33-21(7-17)23(25,26)27/h3-7,9-13H,8H2,1-2H3,(H,28,33)(H,31,32). The molecule has 0 unspecified atom stereocenters. The van der Waals surface area contributed by atoms with Gasteiger partial charge in [0.1, 0.15) is 11.4 Å². The summed E-state index contributed by atoms with van der Waals surface area (Å²) in [6.45, 7) is 4.04. The maximum atomic E-state index is 13.3. The number of ether oxygens (including phenoxy) is 1. The van der Waals surface area contributed by atoms with Crippen LogP contribution < -0.4 is 10.1 Å². The van der Waals surface area contributed by atoms with Crippen molar-refractivity contribution < 1.29 is 17.9 Å². The van der Waals surface area contributed by atoms with Gasteiger partial charge in [-0.1, -0.05) is 11.6 Å². The number of nitrogens with zero attached hydrogens (tertiary/aromatic N) is 4. The van der Waals surface area contributed by atoms with Gasteiger partial charge in [0.25, 0.3) is 0 Å². The van der Waals surface area contributed by atoms with Crippen molar-refractivity contribution in [2.24, 2.45) is 0 Å². The van der Waals surface area contributed by atoms with Gasteiger partial charge >= 0.3 is 6.18 Å². The molecule has 7 nitrogen and oxygen atoms in total. The number of nitrogens with one attached hydrogen (secondary N) is 2. The minimum absolute atomic E-state index is 0.00485. The van der Waals surface area contributed by atoms with Crippen LogP contribution in [0, 0.1) is 0 Å². The number of rotatable bonds is 7. The number of alkyl halides is 3. The molecule has 0 saturated heterocycles. The van der Waals surface area contributed by atoms with Gasteiger partial charge in [-0.05, 0) is 44.2 Å². The lowest BCUT2D eigenvalue weighted by Gasteiger charge is -2.13. The Morgan fingerprint density at radius 3 is 2.44 bits per heavy atom. The Balaban J connectivity index is 1.49. The maximum Gasteiger partial charge on any atom is 0.433 e. The quantitative estimate of drug-likeness (QED) is 0.331. The molecule has 0 amide bonds. The monoisotopic (exact) mass is 488 g/mol. The van der Waals surface area contributed by atoms with Crippen LogP contribution in [0.15, 0.2) is 55.1 Å². The number of halogens is 4. The molecule has 2 N–H and O–H groups in total. The van der Waals surface area contributed by atoms with Gasteiger partial charge in [0.05, 0.1) is 23.0 Å². The second-order valence-corrected chi connectivity index (χ2v) is 8.10. The average molecular weight is 489 g/mol. The number of aromatic amines is 1. The lowest BCUT2D eigenvalue weighted by atomic mass is 10.2. The lowest BCUT2D eigenvalue weighted by Crippen LogP contribution is -2.10. The molecule has 0 saturated carbocycles. The number of hydrogen-bond donors (Lipinski definition) is 2. The smallest absolute Gasteiger partial charge is 0.433 e. The molecule has 0 atom stereocenters.